The first kappa shape index (κ1) is 24.6. The fourth-order valence-corrected chi connectivity index (χ4v) is 5.50. The van der Waals surface area contributed by atoms with Gasteiger partial charge < -0.3 is 35.2 Å². The number of carbonyl (C=O) groups excluding carboxylic acids is 1. The van der Waals surface area contributed by atoms with Gasteiger partial charge in [0.05, 0.1) is 18.6 Å². The van der Waals surface area contributed by atoms with Crippen LogP contribution in [-0.4, -0.2) is 75.9 Å². The van der Waals surface area contributed by atoms with E-state index >= 15 is 0 Å². The van der Waals surface area contributed by atoms with Crippen LogP contribution < -0.4 is 10.1 Å². The average molecular weight is 504 g/mol. The zero-order valence-corrected chi connectivity index (χ0v) is 19.9. The molecule has 5 rings (SSSR count). The number of aliphatic hydroxyl groups excluding tert-OH is 4. The van der Waals surface area contributed by atoms with Crippen LogP contribution in [0.15, 0.2) is 36.4 Å². The quantitative estimate of drug-likeness (QED) is 0.425. The monoisotopic (exact) mass is 503 g/mol. The summed E-state index contributed by atoms with van der Waals surface area (Å²) < 4.78 is 12.0. The topological polar surface area (TPSA) is 128 Å². The van der Waals surface area contributed by atoms with Crippen molar-refractivity contribution in [1.29, 1.82) is 0 Å². The normalized spacial score (nSPS) is 30.1. The van der Waals surface area contributed by atoms with Gasteiger partial charge in [-0.1, -0.05) is 29.8 Å². The van der Waals surface area contributed by atoms with E-state index in [1.165, 1.54) is 0 Å². The zero-order chi connectivity index (χ0) is 24.7. The summed E-state index contributed by atoms with van der Waals surface area (Å²) in [6, 6.07) is 10.8. The van der Waals surface area contributed by atoms with Crippen molar-refractivity contribution in [3.05, 3.63) is 63.7 Å². The van der Waals surface area contributed by atoms with E-state index in [1.54, 1.807) is 18.2 Å². The number of benzene rings is 2. The summed E-state index contributed by atoms with van der Waals surface area (Å²) in [4.78, 5) is 13.0. The Hall–Kier alpha value is -2.04. The second-order valence-corrected chi connectivity index (χ2v) is 10.1. The summed E-state index contributed by atoms with van der Waals surface area (Å²) in [7, 11) is 0. The first-order valence-corrected chi connectivity index (χ1v) is 12.3. The molecule has 0 bridgehead atoms. The van der Waals surface area contributed by atoms with Gasteiger partial charge in [0.15, 0.2) is 5.78 Å². The molecule has 2 aromatic rings. The van der Waals surface area contributed by atoms with Gasteiger partial charge in [-0.15, -0.1) is 0 Å². The van der Waals surface area contributed by atoms with Crippen LogP contribution in [0.4, 0.5) is 0 Å². The number of fused-ring (bicyclic) bond motifs is 1. The number of Topliss-reactive ketones (excluding diaryl/α,β-unsaturated/α-hetero) is 1. The second-order valence-electron chi connectivity index (χ2n) is 9.74. The van der Waals surface area contributed by atoms with E-state index in [0.717, 1.165) is 37.1 Å². The summed E-state index contributed by atoms with van der Waals surface area (Å²) in [5.41, 5.74) is 2.36. The van der Waals surface area contributed by atoms with Crippen LogP contribution in [0.2, 0.25) is 5.02 Å². The van der Waals surface area contributed by atoms with Crippen LogP contribution in [0.3, 0.4) is 0 Å². The Morgan fingerprint density at radius 3 is 2.54 bits per heavy atom. The van der Waals surface area contributed by atoms with Crippen LogP contribution in [-0.2, 0) is 11.2 Å². The number of nitrogens with one attached hydrogen (secondary N) is 1. The highest BCUT2D eigenvalue weighted by molar-refractivity contribution is 6.31. The molecule has 3 aliphatic rings. The molecule has 3 heterocycles. The Balaban J connectivity index is 1.38. The minimum Gasteiger partial charge on any atom is -0.486 e. The number of ketones is 1. The van der Waals surface area contributed by atoms with Gasteiger partial charge in [0.2, 0.25) is 0 Å². The first-order valence-electron chi connectivity index (χ1n) is 11.9. The van der Waals surface area contributed by atoms with Crippen molar-refractivity contribution in [3.8, 4) is 5.75 Å². The summed E-state index contributed by atoms with van der Waals surface area (Å²) >= 11 is 6.47. The molecular formula is C26H30ClNO7. The van der Waals surface area contributed by atoms with E-state index in [4.69, 9.17) is 21.1 Å². The summed E-state index contributed by atoms with van der Waals surface area (Å²) in [6.45, 7) is 1.18. The maximum absolute atomic E-state index is 13.0. The molecule has 0 aliphatic carbocycles. The largest absolute Gasteiger partial charge is 0.486 e. The first-order chi connectivity index (χ1) is 16.8. The van der Waals surface area contributed by atoms with Gasteiger partial charge in [0.25, 0.3) is 0 Å². The van der Waals surface area contributed by atoms with Gasteiger partial charge in [-0.3, -0.25) is 4.79 Å². The maximum atomic E-state index is 13.0. The van der Waals surface area contributed by atoms with Crippen LogP contribution >= 0.6 is 11.6 Å². The van der Waals surface area contributed by atoms with E-state index in [2.05, 4.69) is 5.32 Å². The molecular weight excluding hydrogens is 474 g/mol. The van der Waals surface area contributed by atoms with Crippen molar-refractivity contribution in [1.82, 2.24) is 5.32 Å². The molecule has 1 spiro atoms. The minimum atomic E-state index is -1.46. The fraction of sp³-hybridized carbons (Fsp3) is 0.500. The van der Waals surface area contributed by atoms with Crippen molar-refractivity contribution in [2.24, 2.45) is 0 Å². The fourth-order valence-electron chi connectivity index (χ4n) is 5.32. The molecule has 5 atom stereocenters. The van der Waals surface area contributed by atoms with Gasteiger partial charge in [-0.05, 0) is 54.4 Å². The summed E-state index contributed by atoms with van der Waals surface area (Å²) in [6.07, 6.45) is -3.77. The number of aliphatic hydroxyl groups is 4. The second kappa shape index (κ2) is 9.78. The molecule has 35 heavy (non-hydrogen) atoms. The lowest BCUT2D eigenvalue weighted by Crippen LogP contribution is -2.55. The summed E-state index contributed by atoms with van der Waals surface area (Å²) in [5.74, 6) is 0.698. The third-order valence-corrected chi connectivity index (χ3v) is 7.72. The number of rotatable bonds is 4. The number of piperidine rings is 1. The van der Waals surface area contributed by atoms with Crippen molar-refractivity contribution in [2.75, 3.05) is 19.7 Å². The van der Waals surface area contributed by atoms with Gasteiger partial charge in [-0.25, -0.2) is 0 Å². The number of hydrogen-bond donors (Lipinski definition) is 5. The lowest BCUT2D eigenvalue weighted by atomic mass is 9.82. The molecule has 2 aromatic carbocycles. The van der Waals surface area contributed by atoms with E-state index in [9.17, 15) is 25.2 Å². The van der Waals surface area contributed by atoms with Gasteiger partial charge in [0, 0.05) is 17.9 Å². The Morgan fingerprint density at radius 1 is 1.03 bits per heavy atom. The molecule has 0 amide bonds. The third kappa shape index (κ3) is 4.72. The Bertz CT molecular complexity index is 1100. The van der Waals surface area contributed by atoms with Crippen molar-refractivity contribution < 1.29 is 34.7 Å². The van der Waals surface area contributed by atoms with Crippen molar-refractivity contribution >= 4 is 17.4 Å². The minimum absolute atomic E-state index is 0.0798. The lowest BCUT2D eigenvalue weighted by molar-refractivity contribution is -0.231. The Morgan fingerprint density at radius 2 is 1.80 bits per heavy atom. The predicted octanol–water partition coefficient (Wildman–Crippen LogP) is 1.53. The molecule has 188 valence electrons. The highest BCUT2D eigenvalue weighted by Gasteiger charge is 2.44. The van der Waals surface area contributed by atoms with E-state index in [1.807, 2.05) is 18.2 Å². The molecule has 2 fully saturated rings. The third-order valence-electron chi connectivity index (χ3n) is 7.35. The van der Waals surface area contributed by atoms with Crippen molar-refractivity contribution in [3.63, 3.8) is 0 Å². The van der Waals surface area contributed by atoms with Gasteiger partial charge in [-0.2, -0.15) is 0 Å². The Kier molecular flexibility index (Phi) is 6.89. The van der Waals surface area contributed by atoms with Crippen LogP contribution in [0, 0.1) is 0 Å². The average Bonchev–Trinajstić information content (AvgIpc) is 2.85. The number of ether oxygens (including phenoxy) is 2. The molecule has 0 saturated carbocycles. The Labute approximate surface area is 208 Å². The molecule has 0 unspecified atom stereocenters. The molecule has 5 N–H and O–H groups in total. The molecule has 0 radical (unpaired) electrons. The standard InChI is InChI=1S/C26H30ClNO7/c27-18-3-2-15(25-24(33)23(32)22(31)21(13-29)34-25)11-16(18)9-14-1-4-20-17(10-14)19(30)12-26(35-20)5-7-28-8-6-26/h1-4,10-11,21-25,28-29,31-33H,5-9,12-13H2/t21-,22-,23+,24+,25+/m1/s1. The van der Waals surface area contributed by atoms with Crippen LogP contribution in [0.5, 0.6) is 5.75 Å². The number of hydrogen-bond acceptors (Lipinski definition) is 8. The maximum Gasteiger partial charge on any atom is 0.170 e. The van der Waals surface area contributed by atoms with E-state index < -0.39 is 42.7 Å². The van der Waals surface area contributed by atoms with E-state index in [0.29, 0.717) is 34.7 Å². The van der Waals surface area contributed by atoms with E-state index in [-0.39, 0.29) is 5.78 Å². The van der Waals surface area contributed by atoms with Crippen LogP contribution in [0.1, 0.15) is 52.4 Å². The zero-order valence-electron chi connectivity index (χ0n) is 19.2. The number of halogens is 1. The molecule has 8 nitrogen and oxygen atoms in total. The molecule has 2 saturated heterocycles. The summed E-state index contributed by atoms with van der Waals surface area (Å²) in [5, 5.41) is 44.0. The highest BCUT2D eigenvalue weighted by Crippen LogP contribution is 2.39. The molecule has 0 aromatic heterocycles. The SMILES string of the molecule is O=C1CC2(CCNCC2)Oc2ccc(Cc3cc([C@@H]4O[C@H](CO)[C@@H](O)[C@H](O)[C@@H]4O)ccc3Cl)cc21. The number of carbonyl (C=O) groups is 1. The smallest absolute Gasteiger partial charge is 0.170 e. The predicted molar refractivity (Wildman–Crippen MR) is 128 cm³/mol. The van der Waals surface area contributed by atoms with Gasteiger partial charge >= 0.3 is 0 Å². The van der Waals surface area contributed by atoms with Crippen molar-refractivity contribution in [2.45, 2.75) is 61.8 Å². The highest BCUT2D eigenvalue weighted by atomic mass is 35.5. The molecule has 3 aliphatic heterocycles. The lowest BCUT2D eigenvalue weighted by Gasteiger charge is -2.41. The van der Waals surface area contributed by atoms with Gasteiger partial charge in [0.1, 0.15) is 41.9 Å². The molecule has 9 heteroatoms. The van der Waals surface area contributed by atoms with Crippen LogP contribution in [0.25, 0.3) is 0 Å².